The average Bonchev–Trinajstić information content (AvgIpc) is 3.56. The number of carbonyl (C=O) groups excluding carboxylic acids is 2. The van der Waals surface area contributed by atoms with Crippen molar-refractivity contribution < 1.29 is 24.5 Å². The second kappa shape index (κ2) is 9.25. The third kappa shape index (κ3) is 3.91. The molecule has 3 aromatic heterocycles. The Hall–Kier alpha value is -4.70. The highest BCUT2D eigenvalue weighted by molar-refractivity contribution is 7.22. The summed E-state index contributed by atoms with van der Waals surface area (Å²) in [4.78, 5) is 37.7. The highest BCUT2D eigenvalue weighted by Crippen LogP contribution is 2.45. The number of aliphatic hydroxyl groups excluding tert-OH is 1. The van der Waals surface area contributed by atoms with Gasteiger partial charge < -0.3 is 19.4 Å². The number of Topliss-reactive ketones (excluding diaryl/α,β-unsaturated/α-hetero) is 1. The van der Waals surface area contributed by atoms with Crippen molar-refractivity contribution in [2.45, 2.75) is 26.8 Å². The van der Waals surface area contributed by atoms with Crippen molar-refractivity contribution >= 4 is 49.8 Å². The van der Waals surface area contributed by atoms with Crippen LogP contribution < -0.4 is 9.64 Å². The number of aromatic hydroxyl groups is 1. The lowest BCUT2D eigenvalue weighted by molar-refractivity contribution is -0.132. The first-order valence-corrected chi connectivity index (χ1v) is 13.2. The van der Waals surface area contributed by atoms with Gasteiger partial charge in [-0.25, -0.2) is 9.97 Å². The fourth-order valence-electron chi connectivity index (χ4n) is 4.97. The minimum absolute atomic E-state index is 0.0386. The van der Waals surface area contributed by atoms with E-state index >= 15 is 0 Å². The van der Waals surface area contributed by atoms with Crippen molar-refractivity contribution in [3.8, 4) is 11.5 Å². The molecule has 9 nitrogen and oxygen atoms in total. The molecule has 2 aromatic carbocycles. The number of ether oxygens (including phenoxy) is 1. The number of aromatic nitrogens is 3. The van der Waals surface area contributed by atoms with E-state index < -0.39 is 17.7 Å². The molecule has 1 fully saturated rings. The van der Waals surface area contributed by atoms with Gasteiger partial charge in [-0.1, -0.05) is 29.5 Å². The highest BCUT2D eigenvalue weighted by atomic mass is 32.1. The Morgan fingerprint density at radius 3 is 2.64 bits per heavy atom. The molecule has 2 N–H and O–H groups in total. The van der Waals surface area contributed by atoms with E-state index in [2.05, 4.69) is 9.97 Å². The Kier molecular flexibility index (Phi) is 5.84. The first-order valence-electron chi connectivity index (χ1n) is 12.4. The van der Waals surface area contributed by atoms with Gasteiger partial charge in [-0.05, 0) is 68.3 Å². The summed E-state index contributed by atoms with van der Waals surface area (Å²) in [5.41, 5.74) is 3.32. The first kappa shape index (κ1) is 24.6. The van der Waals surface area contributed by atoms with Gasteiger partial charge in [0.15, 0.2) is 10.9 Å². The van der Waals surface area contributed by atoms with Crippen molar-refractivity contribution in [3.63, 3.8) is 0 Å². The minimum atomic E-state index is -1.03. The number of amides is 1. The standard InChI is InChI=1S/C29H24N4O5S/c1-4-38-19-10-11-20-21(14-19)39-29(30-20)33-24(17-8-5-9-18(34)13-17)22(26(36)28(33)37)25(35)23-16(3)32-12-6-7-15(2)27(32)31-23/h5-14,24,34-35H,4H2,1-3H3/b25-22+. The Labute approximate surface area is 227 Å². The maximum atomic E-state index is 13.6. The van der Waals surface area contributed by atoms with Gasteiger partial charge in [-0.3, -0.25) is 14.5 Å². The monoisotopic (exact) mass is 540 g/mol. The van der Waals surface area contributed by atoms with Gasteiger partial charge in [0.25, 0.3) is 5.78 Å². The number of hydrogen-bond acceptors (Lipinski definition) is 8. The molecule has 5 aromatic rings. The normalized spacial score (nSPS) is 17.0. The number of carbonyl (C=O) groups is 2. The summed E-state index contributed by atoms with van der Waals surface area (Å²) in [6, 6.07) is 14.5. The molecule has 1 saturated heterocycles. The number of nitrogens with zero attached hydrogens (tertiary/aromatic N) is 4. The molecule has 4 heterocycles. The number of anilines is 1. The SMILES string of the molecule is CCOc1ccc2nc(N3C(=O)C(=O)/C(=C(/O)c4nc5c(C)cccn5c4C)C3c3cccc(O)c3)sc2c1. The molecule has 1 amide bonds. The molecule has 1 atom stereocenters. The van der Waals surface area contributed by atoms with E-state index in [-0.39, 0.29) is 27.9 Å². The van der Waals surface area contributed by atoms with E-state index in [1.165, 1.54) is 28.4 Å². The number of fused-ring (bicyclic) bond motifs is 2. The fraction of sp³-hybridized carbons (Fsp3) is 0.172. The fourth-order valence-corrected chi connectivity index (χ4v) is 5.99. The third-order valence-electron chi connectivity index (χ3n) is 6.80. The van der Waals surface area contributed by atoms with Crippen LogP contribution in [-0.4, -0.2) is 42.9 Å². The lowest BCUT2D eigenvalue weighted by atomic mass is 9.96. The minimum Gasteiger partial charge on any atom is -0.508 e. The van der Waals surface area contributed by atoms with Gasteiger partial charge in [-0.2, -0.15) is 0 Å². The average molecular weight is 541 g/mol. The Bertz CT molecular complexity index is 1840. The summed E-state index contributed by atoms with van der Waals surface area (Å²) in [6.07, 6.45) is 1.82. The first-order chi connectivity index (χ1) is 18.8. The number of phenolic OH excluding ortho intramolecular Hbond substituents is 1. The number of rotatable bonds is 5. The molecule has 1 unspecified atom stereocenters. The van der Waals surface area contributed by atoms with Crippen LogP contribution in [0.25, 0.3) is 21.6 Å². The van der Waals surface area contributed by atoms with Crippen molar-refractivity contribution in [1.82, 2.24) is 14.4 Å². The Morgan fingerprint density at radius 2 is 1.90 bits per heavy atom. The van der Waals surface area contributed by atoms with Crippen LogP contribution in [0.1, 0.15) is 35.5 Å². The zero-order valence-electron chi connectivity index (χ0n) is 21.4. The van der Waals surface area contributed by atoms with Crippen molar-refractivity contribution in [2.24, 2.45) is 0 Å². The van der Waals surface area contributed by atoms with Crippen LogP contribution >= 0.6 is 11.3 Å². The number of phenols is 1. The highest BCUT2D eigenvalue weighted by Gasteiger charge is 2.48. The Balaban J connectivity index is 1.57. The second-order valence-electron chi connectivity index (χ2n) is 9.25. The maximum absolute atomic E-state index is 13.6. The molecule has 6 rings (SSSR count). The summed E-state index contributed by atoms with van der Waals surface area (Å²) in [5.74, 6) is -1.44. The molecule has 1 aliphatic heterocycles. The van der Waals surface area contributed by atoms with E-state index in [0.29, 0.717) is 34.8 Å². The van der Waals surface area contributed by atoms with Crippen molar-refractivity contribution in [3.05, 3.63) is 88.9 Å². The molecular weight excluding hydrogens is 516 g/mol. The van der Waals surface area contributed by atoms with Gasteiger partial charge in [0.05, 0.1) is 34.1 Å². The lowest BCUT2D eigenvalue weighted by Gasteiger charge is -2.22. The summed E-state index contributed by atoms with van der Waals surface area (Å²) in [6.45, 7) is 6.09. The van der Waals surface area contributed by atoms with Gasteiger partial charge in [-0.15, -0.1) is 0 Å². The summed E-state index contributed by atoms with van der Waals surface area (Å²) in [7, 11) is 0. The zero-order chi connectivity index (χ0) is 27.4. The summed E-state index contributed by atoms with van der Waals surface area (Å²) < 4.78 is 8.20. The number of benzene rings is 2. The molecule has 39 heavy (non-hydrogen) atoms. The van der Waals surface area contributed by atoms with E-state index in [1.54, 1.807) is 31.2 Å². The van der Waals surface area contributed by atoms with Crippen molar-refractivity contribution in [2.75, 3.05) is 11.5 Å². The van der Waals surface area contributed by atoms with Gasteiger partial charge in [0, 0.05) is 6.20 Å². The predicted octanol–water partition coefficient (Wildman–Crippen LogP) is 5.29. The number of aryl methyl sites for hydroxylation is 2. The van der Waals surface area contributed by atoms with Crippen LogP contribution in [0.4, 0.5) is 5.13 Å². The van der Waals surface area contributed by atoms with Gasteiger partial charge in [0.1, 0.15) is 22.8 Å². The quantitative estimate of drug-likeness (QED) is 0.177. The van der Waals surface area contributed by atoms with Gasteiger partial charge >= 0.3 is 5.91 Å². The molecule has 0 aliphatic carbocycles. The van der Waals surface area contributed by atoms with Crippen LogP contribution in [0.15, 0.2) is 66.4 Å². The number of ketones is 1. The smallest absolute Gasteiger partial charge is 0.301 e. The van der Waals surface area contributed by atoms with Crippen molar-refractivity contribution in [1.29, 1.82) is 0 Å². The van der Waals surface area contributed by atoms with Gasteiger partial charge in [0.2, 0.25) is 0 Å². The molecule has 10 heteroatoms. The van der Waals surface area contributed by atoms with Crippen LogP contribution in [0.5, 0.6) is 11.5 Å². The summed E-state index contributed by atoms with van der Waals surface area (Å²) in [5, 5.41) is 22.1. The number of imidazole rings is 1. The summed E-state index contributed by atoms with van der Waals surface area (Å²) >= 11 is 1.24. The lowest BCUT2D eigenvalue weighted by Crippen LogP contribution is -2.29. The van der Waals surface area contributed by atoms with Crippen LogP contribution in [0.3, 0.4) is 0 Å². The van der Waals surface area contributed by atoms with E-state index in [4.69, 9.17) is 4.74 Å². The molecule has 196 valence electrons. The zero-order valence-corrected chi connectivity index (χ0v) is 22.2. The van der Waals surface area contributed by atoms with E-state index in [1.807, 2.05) is 42.6 Å². The molecule has 0 saturated carbocycles. The maximum Gasteiger partial charge on any atom is 0.301 e. The van der Waals surface area contributed by atoms with Crippen LogP contribution in [0, 0.1) is 13.8 Å². The van der Waals surface area contributed by atoms with Crippen LogP contribution in [-0.2, 0) is 9.59 Å². The number of aliphatic hydroxyl groups is 1. The number of thiazole rings is 1. The molecular formula is C29H24N4O5S. The third-order valence-corrected chi connectivity index (χ3v) is 7.82. The Morgan fingerprint density at radius 1 is 1.08 bits per heavy atom. The predicted molar refractivity (Wildman–Crippen MR) is 148 cm³/mol. The van der Waals surface area contributed by atoms with E-state index in [9.17, 15) is 19.8 Å². The topological polar surface area (TPSA) is 117 Å². The largest absolute Gasteiger partial charge is 0.508 e. The number of pyridine rings is 1. The molecule has 0 bridgehead atoms. The molecule has 0 radical (unpaired) electrons. The van der Waals surface area contributed by atoms with Crippen LogP contribution in [0.2, 0.25) is 0 Å². The second-order valence-corrected chi connectivity index (χ2v) is 10.3. The molecule has 1 aliphatic rings. The molecule has 0 spiro atoms. The number of hydrogen-bond donors (Lipinski definition) is 2. The van der Waals surface area contributed by atoms with E-state index in [0.717, 1.165) is 10.3 Å².